The molecule has 0 amide bonds. The van der Waals surface area contributed by atoms with E-state index in [1.807, 2.05) is 42.5 Å². The van der Waals surface area contributed by atoms with Gasteiger partial charge >= 0.3 is 7.12 Å². The minimum absolute atomic E-state index is 0.334. The van der Waals surface area contributed by atoms with Crippen LogP contribution in [0.2, 0.25) is 0 Å². The second kappa shape index (κ2) is 5.53. The van der Waals surface area contributed by atoms with Crippen molar-refractivity contribution in [3.05, 3.63) is 66.2 Å². The summed E-state index contributed by atoms with van der Waals surface area (Å²) in [6.45, 7) is 0. The highest BCUT2D eigenvalue weighted by Gasteiger charge is 2.20. The Bertz CT molecular complexity index is 1110. The van der Waals surface area contributed by atoms with Crippen molar-refractivity contribution < 1.29 is 14.5 Å². The summed E-state index contributed by atoms with van der Waals surface area (Å²) in [7, 11) is -1.60. The lowest BCUT2D eigenvalue weighted by Gasteiger charge is -2.03. The number of para-hydroxylation sites is 2. The molecular formula is C19H12BNO3. The molecule has 2 N–H and O–H groups in total. The molecule has 0 fully saturated rings. The monoisotopic (exact) mass is 313 g/mol. The molecule has 4 rings (SSSR count). The fourth-order valence-corrected chi connectivity index (χ4v) is 3.03. The molecule has 0 bridgehead atoms. The fraction of sp³-hybridized carbons (Fsp3) is 0. The van der Waals surface area contributed by atoms with Crippen LogP contribution in [0.4, 0.5) is 0 Å². The van der Waals surface area contributed by atoms with Gasteiger partial charge in [0.05, 0.1) is 11.6 Å². The zero-order chi connectivity index (χ0) is 16.7. The van der Waals surface area contributed by atoms with Crippen molar-refractivity contribution >= 4 is 34.5 Å². The minimum Gasteiger partial charge on any atom is -0.456 e. The number of nitriles is 1. The number of rotatable bonds is 2. The number of hydrogen-bond acceptors (Lipinski definition) is 4. The van der Waals surface area contributed by atoms with Crippen LogP contribution in [0.3, 0.4) is 0 Å². The minimum atomic E-state index is -1.60. The Balaban J connectivity index is 2.06. The van der Waals surface area contributed by atoms with Crippen molar-refractivity contribution in [3.63, 3.8) is 0 Å². The molecule has 0 saturated carbocycles. The molecule has 1 aromatic heterocycles. The van der Waals surface area contributed by atoms with Gasteiger partial charge in [-0.15, -0.1) is 0 Å². The molecule has 0 atom stereocenters. The van der Waals surface area contributed by atoms with Crippen molar-refractivity contribution in [2.24, 2.45) is 0 Å². The third-order valence-electron chi connectivity index (χ3n) is 4.14. The van der Waals surface area contributed by atoms with Crippen LogP contribution in [0.5, 0.6) is 0 Å². The molecule has 5 heteroatoms. The highest BCUT2D eigenvalue weighted by atomic mass is 16.4. The highest BCUT2D eigenvalue weighted by molar-refractivity contribution is 6.61. The molecule has 0 radical (unpaired) electrons. The van der Waals surface area contributed by atoms with Gasteiger partial charge in [-0.05, 0) is 17.7 Å². The summed E-state index contributed by atoms with van der Waals surface area (Å²) in [5.41, 5.74) is 3.78. The maximum Gasteiger partial charge on any atom is 0.492 e. The topological polar surface area (TPSA) is 77.4 Å². The lowest BCUT2D eigenvalue weighted by molar-refractivity contribution is 0.425. The SMILES string of the molecule is N#Cc1cccc(-c2cccc3c2oc2c(B(O)O)cccc23)c1. The second-order valence-corrected chi connectivity index (χ2v) is 5.57. The van der Waals surface area contributed by atoms with E-state index in [4.69, 9.17) is 9.68 Å². The number of furan rings is 1. The lowest BCUT2D eigenvalue weighted by Crippen LogP contribution is -2.29. The van der Waals surface area contributed by atoms with Crippen LogP contribution in [-0.4, -0.2) is 17.2 Å². The first-order valence-corrected chi connectivity index (χ1v) is 7.50. The zero-order valence-corrected chi connectivity index (χ0v) is 12.6. The average Bonchev–Trinajstić information content (AvgIpc) is 3.00. The predicted molar refractivity (Wildman–Crippen MR) is 93.7 cm³/mol. The Hall–Kier alpha value is -3.07. The number of nitrogens with zero attached hydrogens (tertiary/aromatic N) is 1. The van der Waals surface area contributed by atoms with Crippen LogP contribution in [0.1, 0.15) is 5.56 Å². The summed E-state index contributed by atoms with van der Waals surface area (Å²) in [5.74, 6) is 0. The summed E-state index contributed by atoms with van der Waals surface area (Å²) in [5, 5.41) is 30.0. The molecule has 4 nitrogen and oxygen atoms in total. The van der Waals surface area contributed by atoms with E-state index in [1.54, 1.807) is 18.2 Å². The van der Waals surface area contributed by atoms with Gasteiger partial charge in [0, 0.05) is 21.8 Å². The Labute approximate surface area is 138 Å². The Kier molecular flexibility index (Phi) is 3.35. The Morgan fingerprint density at radius 1 is 0.875 bits per heavy atom. The van der Waals surface area contributed by atoms with E-state index in [0.717, 1.165) is 21.9 Å². The standard InChI is InChI=1S/C19H12BNO3/c21-11-12-4-1-5-13(10-12)14-6-2-7-15-16-8-3-9-17(20(22)23)19(16)24-18(14)15/h1-10,22-23H. The molecule has 24 heavy (non-hydrogen) atoms. The molecule has 0 aliphatic rings. The normalized spacial score (nSPS) is 10.9. The zero-order valence-electron chi connectivity index (χ0n) is 12.6. The van der Waals surface area contributed by atoms with Crippen molar-refractivity contribution in [1.82, 2.24) is 0 Å². The molecular weight excluding hydrogens is 301 g/mol. The first-order valence-electron chi connectivity index (χ1n) is 7.50. The van der Waals surface area contributed by atoms with Gasteiger partial charge < -0.3 is 14.5 Å². The third kappa shape index (κ3) is 2.17. The van der Waals surface area contributed by atoms with Crippen LogP contribution in [0.25, 0.3) is 33.1 Å². The molecule has 0 spiro atoms. The Morgan fingerprint density at radius 3 is 2.33 bits per heavy atom. The summed E-state index contributed by atoms with van der Waals surface area (Å²) in [6.07, 6.45) is 0. The molecule has 1 heterocycles. The van der Waals surface area contributed by atoms with E-state index in [0.29, 0.717) is 22.2 Å². The third-order valence-corrected chi connectivity index (χ3v) is 4.14. The van der Waals surface area contributed by atoms with Gasteiger partial charge in [-0.2, -0.15) is 5.26 Å². The molecule has 4 aromatic rings. The average molecular weight is 313 g/mol. The van der Waals surface area contributed by atoms with Gasteiger partial charge in [-0.25, -0.2) is 0 Å². The predicted octanol–water partition coefficient (Wildman–Crippen LogP) is 2.80. The van der Waals surface area contributed by atoms with E-state index in [-0.39, 0.29) is 0 Å². The fourth-order valence-electron chi connectivity index (χ4n) is 3.03. The lowest BCUT2D eigenvalue weighted by atomic mass is 9.79. The van der Waals surface area contributed by atoms with Gasteiger partial charge in [0.1, 0.15) is 11.2 Å². The summed E-state index contributed by atoms with van der Waals surface area (Å²) < 4.78 is 6.00. The maximum absolute atomic E-state index is 9.56. The number of fused-ring (bicyclic) bond motifs is 3. The smallest absolute Gasteiger partial charge is 0.456 e. The van der Waals surface area contributed by atoms with Gasteiger partial charge in [-0.1, -0.05) is 48.5 Å². The van der Waals surface area contributed by atoms with E-state index in [1.165, 1.54) is 0 Å². The first kappa shape index (κ1) is 14.5. The van der Waals surface area contributed by atoms with Crippen LogP contribution in [-0.2, 0) is 0 Å². The van der Waals surface area contributed by atoms with Crippen LogP contribution < -0.4 is 5.46 Å². The van der Waals surface area contributed by atoms with Crippen LogP contribution in [0.15, 0.2) is 65.1 Å². The number of benzene rings is 3. The van der Waals surface area contributed by atoms with Crippen molar-refractivity contribution in [3.8, 4) is 17.2 Å². The van der Waals surface area contributed by atoms with Crippen LogP contribution in [0, 0.1) is 11.3 Å². The van der Waals surface area contributed by atoms with E-state index < -0.39 is 7.12 Å². The van der Waals surface area contributed by atoms with Crippen molar-refractivity contribution in [2.45, 2.75) is 0 Å². The molecule has 3 aromatic carbocycles. The highest BCUT2D eigenvalue weighted by Crippen LogP contribution is 2.35. The van der Waals surface area contributed by atoms with Gasteiger partial charge in [-0.3, -0.25) is 0 Å². The quantitative estimate of drug-likeness (QED) is 0.558. The number of hydrogen-bond donors (Lipinski definition) is 2. The van der Waals surface area contributed by atoms with Gasteiger partial charge in [0.15, 0.2) is 0 Å². The summed E-state index contributed by atoms with van der Waals surface area (Å²) >= 11 is 0. The largest absolute Gasteiger partial charge is 0.492 e. The van der Waals surface area contributed by atoms with E-state index in [9.17, 15) is 10.0 Å². The molecule has 0 unspecified atom stereocenters. The summed E-state index contributed by atoms with van der Waals surface area (Å²) in [6, 6.07) is 20.5. The van der Waals surface area contributed by atoms with Gasteiger partial charge in [0.25, 0.3) is 0 Å². The van der Waals surface area contributed by atoms with E-state index in [2.05, 4.69) is 6.07 Å². The van der Waals surface area contributed by atoms with E-state index >= 15 is 0 Å². The van der Waals surface area contributed by atoms with Crippen molar-refractivity contribution in [1.29, 1.82) is 5.26 Å². The molecule has 114 valence electrons. The van der Waals surface area contributed by atoms with Gasteiger partial charge in [0.2, 0.25) is 0 Å². The second-order valence-electron chi connectivity index (χ2n) is 5.57. The maximum atomic E-state index is 9.56. The Morgan fingerprint density at radius 2 is 1.58 bits per heavy atom. The van der Waals surface area contributed by atoms with Crippen LogP contribution >= 0.6 is 0 Å². The first-order chi connectivity index (χ1) is 11.7. The molecule has 0 aliphatic heterocycles. The van der Waals surface area contributed by atoms with Crippen molar-refractivity contribution in [2.75, 3.05) is 0 Å². The molecule has 0 saturated heterocycles. The summed E-state index contributed by atoms with van der Waals surface area (Å²) in [4.78, 5) is 0. The molecule has 0 aliphatic carbocycles.